The smallest absolute Gasteiger partial charge is 0.152 e. The van der Waals surface area contributed by atoms with Crippen molar-refractivity contribution in [1.82, 2.24) is 0 Å². The zero-order valence-electron chi connectivity index (χ0n) is 9.63. The molecule has 0 radical (unpaired) electrons. The van der Waals surface area contributed by atoms with Gasteiger partial charge in [0, 0.05) is 23.6 Å². The average molecular weight is 249 g/mol. The molecule has 17 heavy (non-hydrogen) atoms. The minimum absolute atomic E-state index is 0.153. The number of carbonyl (C=O) groups is 1. The Labute approximate surface area is 105 Å². The molecule has 0 bridgehead atoms. The van der Waals surface area contributed by atoms with Gasteiger partial charge in [-0.2, -0.15) is 0 Å². The summed E-state index contributed by atoms with van der Waals surface area (Å²) in [6, 6.07) is 7.72. The Morgan fingerprint density at radius 3 is 2.88 bits per heavy atom. The lowest BCUT2D eigenvalue weighted by atomic mass is 9.86. The van der Waals surface area contributed by atoms with E-state index in [1.165, 1.54) is 0 Å². The normalized spacial score (nSPS) is 24.7. The number of para-hydroxylation sites is 1. The molecule has 88 valence electrons. The Hall–Kier alpha value is -1.28. The van der Waals surface area contributed by atoms with Gasteiger partial charge in [0.2, 0.25) is 0 Å². The SMILES string of the molecule is CC1(c2cc3cccc(Cl)c3o2)CCC(=O)C1. The highest BCUT2D eigenvalue weighted by Crippen LogP contribution is 2.41. The lowest BCUT2D eigenvalue weighted by molar-refractivity contribution is -0.117. The highest BCUT2D eigenvalue weighted by Gasteiger charge is 2.38. The Balaban J connectivity index is 2.13. The molecule has 1 atom stereocenters. The molecule has 1 heterocycles. The number of fused-ring (bicyclic) bond motifs is 1. The van der Waals surface area contributed by atoms with Crippen LogP contribution in [0.3, 0.4) is 0 Å². The van der Waals surface area contributed by atoms with E-state index in [4.69, 9.17) is 16.0 Å². The minimum Gasteiger partial charge on any atom is -0.459 e. The number of ketones is 1. The van der Waals surface area contributed by atoms with Crippen LogP contribution in [0.4, 0.5) is 0 Å². The fourth-order valence-electron chi connectivity index (χ4n) is 2.56. The second-order valence-electron chi connectivity index (χ2n) is 5.04. The lowest BCUT2D eigenvalue weighted by Crippen LogP contribution is -2.16. The van der Waals surface area contributed by atoms with Crippen LogP contribution in [0, 0.1) is 0 Å². The fourth-order valence-corrected chi connectivity index (χ4v) is 2.78. The molecule has 1 fully saturated rings. The van der Waals surface area contributed by atoms with Crippen molar-refractivity contribution >= 4 is 28.4 Å². The maximum atomic E-state index is 11.4. The Bertz CT molecular complexity index is 599. The topological polar surface area (TPSA) is 30.2 Å². The standard InChI is InChI=1S/C14H13ClO2/c1-14(6-5-10(16)8-14)12-7-9-3-2-4-11(15)13(9)17-12/h2-4,7H,5-6,8H2,1H3. The molecule has 1 aromatic heterocycles. The third-order valence-electron chi connectivity index (χ3n) is 3.63. The van der Waals surface area contributed by atoms with Gasteiger partial charge in [0.05, 0.1) is 5.02 Å². The van der Waals surface area contributed by atoms with Crippen LogP contribution in [0.15, 0.2) is 28.7 Å². The fraction of sp³-hybridized carbons (Fsp3) is 0.357. The maximum Gasteiger partial charge on any atom is 0.152 e. The lowest BCUT2D eigenvalue weighted by Gasteiger charge is -2.18. The van der Waals surface area contributed by atoms with Gasteiger partial charge in [-0.15, -0.1) is 0 Å². The van der Waals surface area contributed by atoms with Crippen LogP contribution in [0.25, 0.3) is 11.0 Å². The Kier molecular flexibility index (Phi) is 2.30. The first-order valence-corrected chi connectivity index (χ1v) is 6.16. The second-order valence-corrected chi connectivity index (χ2v) is 5.45. The molecule has 2 aromatic rings. The number of hydrogen-bond acceptors (Lipinski definition) is 2. The highest BCUT2D eigenvalue weighted by molar-refractivity contribution is 6.34. The van der Waals surface area contributed by atoms with E-state index in [2.05, 4.69) is 6.92 Å². The minimum atomic E-state index is -0.153. The van der Waals surface area contributed by atoms with Gasteiger partial charge in [0.25, 0.3) is 0 Å². The summed E-state index contributed by atoms with van der Waals surface area (Å²) in [5.41, 5.74) is 0.573. The molecule has 1 saturated carbocycles. The number of hydrogen-bond donors (Lipinski definition) is 0. The van der Waals surface area contributed by atoms with Crippen LogP contribution in [0.5, 0.6) is 0 Å². The summed E-state index contributed by atoms with van der Waals surface area (Å²) in [5, 5.41) is 1.63. The molecule has 1 aliphatic rings. The van der Waals surface area contributed by atoms with Gasteiger partial charge < -0.3 is 4.42 Å². The van der Waals surface area contributed by atoms with E-state index in [-0.39, 0.29) is 5.41 Å². The highest BCUT2D eigenvalue weighted by atomic mass is 35.5. The first-order valence-electron chi connectivity index (χ1n) is 5.79. The third kappa shape index (κ3) is 1.67. The summed E-state index contributed by atoms with van der Waals surface area (Å²) in [6.07, 6.45) is 2.09. The van der Waals surface area contributed by atoms with E-state index >= 15 is 0 Å². The molecule has 0 amide bonds. The zero-order valence-corrected chi connectivity index (χ0v) is 10.4. The summed E-state index contributed by atoms with van der Waals surface area (Å²) in [5.74, 6) is 1.20. The van der Waals surface area contributed by atoms with Crippen LogP contribution in [-0.2, 0) is 10.2 Å². The summed E-state index contributed by atoms with van der Waals surface area (Å²) in [6.45, 7) is 2.09. The van der Waals surface area contributed by atoms with Gasteiger partial charge >= 0.3 is 0 Å². The largest absolute Gasteiger partial charge is 0.459 e. The van der Waals surface area contributed by atoms with E-state index in [1.807, 2.05) is 24.3 Å². The van der Waals surface area contributed by atoms with Crippen LogP contribution < -0.4 is 0 Å². The number of benzene rings is 1. The first-order chi connectivity index (χ1) is 8.08. The molecular formula is C14H13ClO2. The van der Waals surface area contributed by atoms with Gasteiger partial charge in [-0.3, -0.25) is 4.79 Å². The second kappa shape index (κ2) is 3.61. The van der Waals surface area contributed by atoms with E-state index in [0.29, 0.717) is 23.6 Å². The number of carbonyl (C=O) groups excluding carboxylic acids is 1. The number of furan rings is 1. The average Bonchev–Trinajstić information content (AvgIpc) is 2.85. The van der Waals surface area contributed by atoms with Crippen molar-refractivity contribution < 1.29 is 9.21 Å². The van der Waals surface area contributed by atoms with Crippen LogP contribution in [0.1, 0.15) is 31.9 Å². The van der Waals surface area contributed by atoms with Gasteiger partial charge in [0.15, 0.2) is 5.58 Å². The Morgan fingerprint density at radius 2 is 2.24 bits per heavy atom. The molecule has 0 aliphatic heterocycles. The molecule has 0 spiro atoms. The molecule has 1 aromatic carbocycles. The third-order valence-corrected chi connectivity index (χ3v) is 3.93. The first kappa shape index (κ1) is 10.8. The van der Waals surface area contributed by atoms with E-state index < -0.39 is 0 Å². The zero-order chi connectivity index (χ0) is 12.0. The molecule has 2 nitrogen and oxygen atoms in total. The molecule has 0 saturated heterocycles. The maximum absolute atomic E-state index is 11.4. The van der Waals surface area contributed by atoms with E-state index in [0.717, 1.165) is 23.2 Å². The van der Waals surface area contributed by atoms with Crippen molar-refractivity contribution in [3.05, 3.63) is 35.0 Å². The van der Waals surface area contributed by atoms with Crippen molar-refractivity contribution in [2.24, 2.45) is 0 Å². The predicted octanol–water partition coefficient (Wildman–Crippen LogP) is 4.10. The van der Waals surface area contributed by atoms with E-state index in [1.54, 1.807) is 0 Å². The van der Waals surface area contributed by atoms with Gasteiger partial charge in [-0.05, 0) is 18.6 Å². The summed E-state index contributed by atoms with van der Waals surface area (Å²) < 4.78 is 5.85. The summed E-state index contributed by atoms with van der Waals surface area (Å²) >= 11 is 6.09. The molecular weight excluding hydrogens is 236 g/mol. The molecule has 0 N–H and O–H groups in total. The van der Waals surface area contributed by atoms with Crippen molar-refractivity contribution in [3.8, 4) is 0 Å². The van der Waals surface area contributed by atoms with Crippen LogP contribution in [-0.4, -0.2) is 5.78 Å². The van der Waals surface area contributed by atoms with Crippen LogP contribution in [0.2, 0.25) is 5.02 Å². The van der Waals surface area contributed by atoms with E-state index in [9.17, 15) is 4.79 Å². The monoisotopic (exact) mass is 248 g/mol. The van der Waals surface area contributed by atoms with Crippen molar-refractivity contribution in [2.75, 3.05) is 0 Å². The quantitative estimate of drug-likeness (QED) is 0.761. The molecule has 1 unspecified atom stereocenters. The summed E-state index contributed by atoms with van der Waals surface area (Å²) in [4.78, 5) is 11.4. The Morgan fingerprint density at radius 1 is 1.41 bits per heavy atom. The number of Topliss-reactive ketones (excluding diaryl/α,β-unsaturated/α-hetero) is 1. The molecule has 1 aliphatic carbocycles. The number of rotatable bonds is 1. The van der Waals surface area contributed by atoms with Gasteiger partial charge in [0.1, 0.15) is 11.5 Å². The molecule has 3 heteroatoms. The number of halogens is 1. The molecule has 3 rings (SSSR count). The van der Waals surface area contributed by atoms with Gasteiger partial charge in [-0.25, -0.2) is 0 Å². The van der Waals surface area contributed by atoms with Crippen molar-refractivity contribution in [2.45, 2.75) is 31.6 Å². The van der Waals surface area contributed by atoms with Gasteiger partial charge in [-0.1, -0.05) is 30.7 Å². The van der Waals surface area contributed by atoms with Crippen molar-refractivity contribution in [1.29, 1.82) is 0 Å². The summed E-state index contributed by atoms with van der Waals surface area (Å²) in [7, 11) is 0. The predicted molar refractivity (Wildman–Crippen MR) is 67.4 cm³/mol. The van der Waals surface area contributed by atoms with Crippen LogP contribution >= 0.6 is 11.6 Å². The van der Waals surface area contributed by atoms with Crippen molar-refractivity contribution in [3.63, 3.8) is 0 Å².